The Balaban J connectivity index is 1.76. The SMILES string of the molecule is CCCOC(=O)Nc1ccc2nc(-c3cccs3)c(-c3cccs3)nc2c1. The number of fused-ring (bicyclic) bond motifs is 1. The van der Waals surface area contributed by atoms with Crippen LogP contribution in [0.5, 0.6) is 0 Å². The van der Waals surface area contributed by atoms with E-state index in [1.807, 2.05) is 54.1 Å². The summed E-state index contributed by atoms with van der Waals surface area (Å²) in [5.41, 5.74) is 3.88. The minimum absolute atomic E-state index is 0.395. The van der Waals surface area contributed by atoms with E-state index in [0.717, 1.165) is 38.6 Å². The highest BCUT2D eigenvalue weighted by Crippen LogP contribution is 2.35. The van der Waals surface area contributed by atoms with Crippen LogP contribution < -0.4 is 5.32 Å². The number of thiophene rings is 2. The zero-order valence-corrected chi connectivity index (χ0v) is 16.3. The van der Waals surface area contributed by atoms with Gasteiger partial charge in [0.15, 0.2) is 0 Å². The number of benzene rings is 1. The predicted octanol–water partition coefficient (Wildman–Crippen LogP) is 6.05. The molecule has 0 aliphatic rings. The van der Waals surface area contributed by atoms with Crippen LogP contribution in [-0.4, -0.2) is 22.7 Å². The van der Waals surface area contributed by atoms with Gasteiger partial charge in [0.05, 0.1) is 27.4 Å². The molecule has 27 heavy (non-hydrogen) atoms. The first-order chi connectivity index (χ1) is 13.2. The van der Waals surface area contributed by atoms with E-state index in [9.17, 15) is 4.79 Å². The maximum Gasteiger partial charge on any atom is 0.411 e. The number of amides is 1. The lowest BCUT2D eigenvalue weighted by atomic mass is 10.2. The Morgan fingerprint density at radius 1 is 1.00 bits per heavy atom. The number of carbonyl (C=O) groups excluding carboxylic acids is 1. The molecule has 7 heteroatoms. The van der Waals surface area contributed by atoms with Crippen LogP contribution in [0.15, 0.2) is 53.2 Å². The van der Waals surface area contributed by atoms with Crippen LogP contribution in [0.2, 0.25) is 0 Å². The lowest BCUT2D eigenvalue weighted by Gasteiger charge is -2.10. The topological polar surface area (TPSA) is 64.1 Å². The minimum atomic E-state index is -0.460. The molecule has 0 bridgehead atoms. The Kier molecular flexibility index (Phi) is 5.13. The van der Waals surface area contributed by atoms with Crippen molar-refractivity contribution in [2.45, 2.75) is 13.3 Å². The molecule has 0 atom stereocenters. The number of hydrogen-bond acceptors (Lipinski definition) is 6. The molecule has 1 aromatic carbocycles. The highest BCUT2D eigenvalue weighted by molar-refractivity contribution is 7.14. The lowest BCUT2D eigenvalue weighted by Crippen LogP contribution is -2.14. The molecule has 0 fully saturated rings. The van der Waals surface area contributed by atoms with Gasteiger partial charge < -0.3 is 4.74 Å². The molecule has 3 aromatic heterocycles. The van der Waals surface area contributed by atoms with Crippen molar-refractivity contribution in [2.24, 2.45) is 0 Å². The van der Waals surface area contributed by atoms with Crippen LogP contribution in [0.4, 0.5) is 10.5 Å². The van der Waals surface area contributed by atoms with E-state index in [1.165, 1.54) is 0 Å². The summed E-state index contributed by atoms with van der Waals surface area (Å²) < 4.78 is 5.07. The Hall–Kier alpha value is -2.77. The van der Waals surface area contributed by atoms with Crippen molar-refractivity contribution in [2.75, 3.05) is 11.9 Å². The second-order valence-corrected chi connectivity index (χ2v) is 7.74. The maximum atomic E-state index is 11.8. The molecule has 0 aliphatic heterocycles. The number of anilines is 1. The van der Waals surface area contributed by atoms with Gasteiger partial charge >= 0.3 is 6.09 Å². The van der Waals surface area contributed by atoms with Crippen LogP contribution in [-0.2, 0) is 4.74 Å². The van der Waals surface area contributed by atoms with Crippen LogP contribution in [0.1, 0.15) is 13.3 Å². The fraction of sp³-hybridized carbons (Fsp3) is 0.150. The summed E-state index contributed by atoms with van der Waals surface area (Å²) in [5, 5.41) is 6.81. The Labute approximate surface area is 164 Å². The molecule has 136 valence electrons. The van der Waals surface area contributed by atoms with E-state index in [4.69, 9.17) is 14.7 Å². The molecule has 4 aromatic rings. The maximum absolute atomic E-state index is 11.8. The van der Waals surface area contributed by atoms with E-state index in [1.54, 1.807) is 22.7 Å². The number of nitrogens with zero attached hydrogens (tertiary/aromatic N) is 2. The van der Waals surface area contributed by atoms with Crippen molar-refractivity contribution in [1.82, 2.24) is 9.97 Å². The molecule has 0 spiro atoms. The molecule has 0 unspecified atom stereocenters. The van der Waals surface area contributed by atoms with Gasteiger partial charge in [-0.3, -0.25) is 5.32 Å². The fourth-order valence-electron chi connectivity index (χ4n) is 2.65. The van der Waals surface area contributed by atoms with E-state index in [-0.39, 0.29) is 0 Å². The van der Waals surface area contributed by atoms with Crippen molar-refractivity contribution < 1.29 is 9.53 Å². The summed E-state index contributed by atoms with van der Waals surface area (Å²) in [5.74, 6) is 0. The van der Waals surface area contributed by atoms with Crippen molar-refractivity contribution >= 4 is 45.5 Å². The van der Waals surface area contributed by atoms with E-state index in [0.29, 0.717) is 12.3 Å². The first-order valence-corrected chi connectivity index (χ1v) is 10.3. The number of carbonyl (C=O) groups is 1. The van der Waals surface area contributed by atoms with Crippen molar-refractivity contribution in [3.8, 4) is 21.1 Å². The minimum Gasteiger partial charge on any atom is -0.449 e. The van der Waals surface area contributed by atoms with Crippen molar-refractivity contribution in [3.63, 3.8) is 0 Å². The largest absolute Gasteiger partial charge is 0.449 e. The summed E-state index contributed by atoms with van der Waals surface area (Å²) in [7, 11) is 0. The van der Waals surface area contributed by atoms with Gasteiger partial charge in [-0.15, -0.1) is 22.7 Å². The Morgan fingerprint density at radius 3 is 2.26 bits per heavy atom. The lowest BCUT2D eigenvalue weighted by molar-refractivity contribution is 0.161. The third-order valence-electron chi connectivity index (χ3n) is 3.86. The first kappa shape index (κ1) is 17.6. The van der Waals surface area contributed by atoms with Gasteiger partial charge in [0.2, 0.25) is 0 Å². The molecule has 5 nitrogen and oxygen atoms in total. The molecule has 0 saturated heterocycles. The highest BCUT2D eigenvalue weighted by atomic mass is 32.1. The monoisotopic (exact) mass is 395 g/mol. The number of nitrogens with one attached hydrogen (secondary N) is 1. The second kappa shape index (κ2) is 7.85. The average Bonchev–Trinajstić information content (AvgIpc) is 3.39. The summed E-state index contributed by atoms with van der Waals surface area (Å²) in [6, 6.07) is 13.6. The van der Waals surface area contributed by atoms with Crippen LogP contribution in [0, 0.1) is 0 Å². The number of aromatic nitrogens is 2. The van der Waals surface area contributed by atoms with E-state index >= 15 is 0 Å². The molecule has 0 radical (unpaired) electrons. The molecule has 1 N–H and O–H groups in total. The molecule has 0 saturated carbocycles. The molecule has 1 amide bonds. The van der Waals surface area contributed by atoms with Gasteiger partial charge in [-0.2, -0.15) is 0 Å². The smallest absolute Gasteiger partial charge is 0.411 e. The quantitative estimate of drug-likeness (QED) is 0.447. The number of hydrogen-bond donors (Lipinski definition) is 1. The predicted molar refractivity (Wildman–Crippen MR) is 111 cm³/mol. The summed E-state index contributed by atoms with van der Waals surface area (Å²) in [6.07, 6.45) is 0.324. The standard InChI is InChI=1S/C20H17N3O2S2/c1-2-9-25-20(24)21-13-7-8-14-15(12-13)23-19(17-6-4-11-27-17)18(22-14)16-5-3-10-26-16/h3-8,10-12H,2,9H2,1H3,(H,21,24). The van der Waals surface area contributed by atoms with Crippen LogP contribution in [0.25, 0.3) is 32.2 Å². The van der Waals surface area contributed by atoms with Crippen molar-refractivity contribution in [1.29, 1.82) is 0 Å². The zero-order chi connectivity index (χ0) is 18.6. The zero-order valence-electron chi connectivity index (χ0n) is 14.6. The normalized spacial score (nSPS) is 10.9. The first-order valence-electron chi connectivity index (χ1n) is 8.58. The van der Waals surface area contributed by atoms with E-state index < -0.39 is 6.09 Å². The van der Waals surface area contributed by atoms with Crippen LogP contribution in [0.3, 0.4) is 0 Å². The van der Waals surface area contributed by atoms with Gasteiger partial charge in [0, 0.05) is 5.69 Å². The third-order valence-corrected chi connectivity index (χ3v) is 5.61. The molecular weight excluding hydrogens is 378 g/mol. The molecular formula is C20H17N3O2S2. The summed E-state index contributed by atoms with van der Waals surface area (Å²) in [4.78, 5) is 23.7. The fourth-order valence-corrected chi connectivity index (χ4v) is 4.08. The third kappa shape index (κ3) is 3.84. The molecule has 0 aliphatic carbocycles. The van der Waals surface area contributed by atoms with Gasteiger partial charge in [-0.05, 0) is 47.5 Å². The van der Waals surface area contributed by atoms with Gasteiger partial charge in [-0.25, -0.2) is 14.8 Å². The average molecular weight is 396 g/mol. The second-order valence-electron chi connectivity index (χ2n) is 5.84. The Morgan fingerprint density at radius 2 is 1.67 bits per heavy atom. The highest BCUT2D eigenvalue weighted by Gasteiger charge is 2.15. The van der Waals surface area contributed by atoms with E-state index in [2.05, 4.69) is 11.4 Å². The van der Waals surface area contributed by atoms with Gasteiger partial charge in [-0.1, -0.05) is 19.1 Å². The number of rotatable bonds is 5. The number of ether oxygens (including phenoxy) is 1. The van der Waals surface area contributed by atoms with Crippen LogP contribution >= 0.6 is 22.7 Å². The summed E-state index contributed by atoms with van der Waals surface area (Å²) >= 11 is 3.28. The Bertz CT molecular complexity index is 1060. The molecule has 3 heterocycles. The molecule has 4 rings (SSSR count). The van der Waals surface area contributed by atoms with Gasteiger partial charge in [0.25, 0.3) is 0 Å². The summed E-state index contributed by atoms with van der Waals surface area (Å²) in [6.45, 7) is 2.35. The van der Waals surface area contributed by atoms with Gasteiger partial charge in [0.1, 0.15) is 11.4 Å². The van der Waals surface area contributed by atoms with Crippen molar-refractivity contribution in [3.05, 3.63) is 53.2 Å².